The number of hydrogen-bond acceptors (Lipinski definition) is 6. The Labute approximate surface area is 190 Å². The molecule has 0 spiro atoms. The number of rotatable bonds is 3. The van der Waals surface area contributed by atoms with Crippen molar-refractivity contribution in [3.63, 3.8) is 0 Å². The van der Waals surface area contributed by atoms with E-state index in [1.165, 1.54) is 0 Å². The van der Waals surface area contributed by atoms with E-state index in [9.17, 15) is 9.59 Å². The van der Waals surface area contributed by atoms with Crippen LogP contribution in [0.3, 0.4) is 0 Å². The molecule has 2 amide bonds. The number of halogens is 1. The van der Waals surface area contributed by atoms with Gasteiger partial charge < -0.3 is 26.1 Å². The Hall–Kier alpha value is -3.36. The number of amides is 2. The molecule has 5 rings (SSSR count). The Bertz CT molecular complexity index is 1170. The number of carbonyl (C=O) groups excluding carboxylic acids is 2. The van der Waals surface area contributed by atoms with Crippen LogP contribution in [0.1, 0.15) is 24.0 Å². The number of benzene rings is 2. The second-order valence-electron chi connectivity index (χ2n) is 8.00. The Balaban J connectivity index is 1.45. The Morgan fingerprint density at radius 1 is 1.12 bits per heavy atom. The maximum Gasteiger partial charge on any atom is 0.263 e. The van der Waals surface area contributed by atoms with Crippen molar-refractivity contribution in [2.45, 2.75) is 18.9 Å². The van der Waals surface area contributed by atoms with E-state index in [2.05, 4.69) is 15.8 Å². The number of allylic oxidation sites excluding steroid dienone is 1. The third-order valence-electron chi connectivity index (χ3n) is 5.89. The van der Waals surface area contributed by atoms with Crippen LogP contribution in [0, 0.1) is 0 Å². The standard InChI is InChI=1S/C23H22ClN5O3/c24-13-5-6-18-16(11-13)20(23(31)27-18)22-21(15-3-1-2-4-17(15)26-22)28-32-12-19(30)29-9-7-14(25)8-10-29/h1-6,11,14,26H,7-10,12,25H2,(H,27,31)/b22-20-,28-21+. The van der Waals surface area contributed by atoms with E-state index < -0.39 is 0 Å². The van der Waals surface area contributed by atoms with E-state index in [0.29, 0.717) is 46.3 Å². The maximum absolute atomic E-state index is 12.8. The minimum absolute atomic E-state index is 0.134. The zero-order valence-electron chi connectivity index (χ0n) is 17.2. The van der Waals surface area contributed by atoms with Crippen molar-refractivity contribution in [3.8, 4) is 0 Å². The highest BCUT2D eigenvalue weighted by molar-refractivity contribution is 6.40. The first kappa shape index (κ1) is 20.5. The van der Waals surface area contributed by atoms with Gasteiger partial charge in [0.25, 0.3) is 11.8 Å². The van der Waals surface area contributed by atoms with Gasteiger partial charge in [-0.05, 0) is 37.1 Å². The number of para-hydroxylation sites is 1. The predicted octanol–water partition coefficient (Wildman–Crippen LogP) is 2.80. The van der Waals surface area contributed by atoms with E-state index in [0.717, 1.165) is 24.1 Å². The summed E-state index contributed by atoms with van der Waals surface area (Å²) >= 11 is 6.18. The zero-order chi connectivity index (χ0) is 22.2. The second-order valence-corrected chi connectivity index (χ2v) is 8.43. The fraction of sp³-hybridized carbons (Fsp3) is 0.261. The quantitative estimate of drug-likeness (QED) is 0.491. The lowest BCUT2D eigenvalue weighted by Gasteiger charge is -2.29. The molecule has 0 aromatic heterocycles. The lowest BCUT2D eigenvalue weighted by atomic mass is 10.0. The first-order valence-electron chi connectivity index (χ1n) is 10.5. The van der Waals surface area contributed by atoms with Crippen LogP contribution in [0.5, 0.6) is 0 Å². The molecule has 3 heterocycles. The molecular formula is C23H22ClN5O3. The smallest absolute Gasteiger partial charge is 0.263 e. The monoisotopic (exact) mass is 451 g/mol. The first-order valence-corrected chi connectivity index (χ1v) is 10.8. The normalized spacial score (nSPS) is 21.2. The largest absolute Gasteiger partial charge is 0.385 e. The van der Waals surface area contributed by atoms with Crippen molar-refractivity contribution in [2.24, 2.45) is 10.9 Å². The molecule has 0 aliphatic carbocycles. The third kappa shape index (κ3) is 3.72. The molecule has 9 heteroatoms. The topological polar surface area (TPSA) is 109 Å². The van der Waals surface area contributed by atoms with Gasteiger partial charge in [-0.15, -0.1) is 0 Å². The number of nitrogens with zero attached hydrogens (tertiary/aromatic N) is 2. The minimum Gasteiger partial charge on any atom is -0.385 e. The average Bonchev–Trinajstić information content (AvgIpc) is 3.30. The zero-order valence-corrected chi connectivity index (χ0v) is 18.0. The molecule has 4 N–H and O–H groups in total. The summed E-state index contributed by atoms with van der Waals surface area (Å²) in [6.45, 7) is 1.06. The number of nitrogens with one attached hydrogen (secondary N) is 2. The number of fused-ring (bicyclic) bond motifs is 2. The number of anilines is 2. The summed E-state index contributed by atoms with van der Waals surface area (Å²) in [5, 5.41) is 10.9. The van der Waals surface area contributed by atoms with Gasteiger partial charge in [0.15, 0.2) is 6.61 Å². The van der Waals surface area contributed by atoms with Crippen LogP contribution in [0.25, 0.3) is 5.57 Å². The summed E-state index contributed by atoms with van der Waals surface area (Å²) in [5.74, 6) is -0.392. The molecule has 0 unspecified atom stereocenters. The van der Waals surface area contributed by atoms with E-state index in [4.69, 9.17) is 22.2 Å². The van der Waals surface area contributed by atoms with Gasteiger partial charge in [-0.2, -0.15) is 0 Å². The van der Waals surface area contributed by atoms with Crippen LogP contribution in [0.2, 0.25) is 5.02 Å². The van der Waals surface area contributed by atoms with Gasteiger partial charge in [0.2, 0.25) is 0 Å². The Morgan fingerprint density at radius 2 is 1.88 bits per heavy atom. The molecule has 2 aromatic carbocycles. The molecule has 3 aliphatic rings. The second kappa shape index (κ2) is 8.29. The summed E-state index contributed by atoms with van der Waals surface area (Å²) < 4.78 is 0. The lowest BCUT2D eigenvalue weighted by Crippen LogP contribution is -2.44. The number of likely N-dealkylation sites (tertiary alicyclic amines) is 1. The molecule has 0 radical (unpaired) electrons. The molecule has 1 fully saturated rings. The number of hydrogen-bond donors (Lipinski definition) is 3. The van der Waals surface area contributed by atoms with E-state index in [-0.39, 0.29) is 24.5 Å². The number of oxime groups is 1. The van der Waals surface area contributed by atoms with Gasteiger partial charge in [-0.3, -0.25) is 9.59 Å². The molecule has 164 valence electrons. The number of nitrogens with two attached hydrogens (primary N) is 1. The van der Waals surface area contributed by atoms with Gasteiger partial charge in [-0.25, -0.2) is 0 Å². The van der Waals surface area contributed by atoms with E-state index in [1.807, 2.05) is 24.3 Å². The number of carbonyl (C=O) groups is 2. The summed E-state index contributed by atoms with van der Waals surface area (Å²) in [6, 6.07) is 12.9. The van der Waals surface area contributed by atoms with Gasteiger partial charge in [0.1, 0.15) is 5.71 Å². The summed E-state index contributed by atoms with van der Waals surface area (Å²) in [4.78, 5) is 32.6. The van der Waals surface area contributed by atoms with Gasteiger partial charge in [0, 0.05) is 46.7 Å². The fourth-order valence-corrected chi connectivity index (χ4v) is 4.35. The van der Waals surface area contributed by atoms with Gasteiger partial charge in [-0.1, -0.05) is 35.0 Å². The Morgan fingerprint density at radius 3 is 2.69 bits per heavy atom. The summed E-state index contributed by atoms with van der Waals surface area (Å²) in [7, 11) is 0. The molecule has 3 aliphatic heterocycles. The van der Waals surface area contributed by atoms with Crippen LogP contribution >= 0.6 is 11.6 Å². The van der Waals surface area contributed by atoms with Crippen molar-refractivity contribution in [3.05, 3.63) is 64.3 Å². The molecule has 0 saturated carbocycles. The Kier molecular flexibility index (Phi) is 5.32. The van der Waals surface area contributed by atoms with Crippen LogP contribution in [0.4, 0.5) is 11.4 Å². The summed E-state index contributed by atoms with van der Waals surface area (Å²) in [6.07, 6.45) is 1.57. The van der Waals surface area contributed by atoms with Crippen LogP contribution in [-0.4, -0.2) is 48.2 Å². The molecule has 0 atom stereocenters. The van der Waals surface area contributed by atoms with Crippen molar-refractivity contribution in [1.29, 1.82) is 0 Å². The van der Waals surface area contributed by atoms with Crippen LogP contribution < -0.4 is 16.4 Å². The van der Waals surface area contributed by atoms with Crippen LogP contribution in [-0.2, 0) is 14.4 Å². The average molecular weight is 452 g/mol. The van der Waals surface area contributed by atoms with Gasteiger partial charge in [0.05, 0.1) is 11.3 Å². The first-order chi connectivity index (χ1) is 15.5. The van der Waals surface area contributed by atoms with Crippen molar-refractivity contribution < 1.29 is 14.4 Å². The van der Waals surface area contributed by atoms with E-state index in [1.54, 1.807) is 23.1 Å². The van der Waals surface area contributed by atoms with Crippen LogP contribution in [0.15, 0.2) is 53.3 Å². The highest BCUT2D eigenvalue weighted by atomic mass is 35.5. The van der Waals surface area contributed by atoms with Crippen molar-refractivity contribution in [1.82, 2.24) is 4.90 Å². The maximum atomic E-state index is 12.8. The molecule has 0 bridgehead atoms. The van der Waals surface area contributed by atoms with Gasteiger partial charge >= 0.3 is 0 Å². The van der Waals surface area contributed by atoms with E-state index >= 15 is 0 Å². The predicted molar refractivity (Wildman–Crippen MR) is 123 cm³/mol. The molecule has 8 nitrogen and oxygen atoms in total. The highest BCUT2D eigenvalue weighted by Gasteiger charge is 2.34. The fourth-order valence-electron chi connectivity index (χ4n) is 4.18. The molecular weight excluding hydrogens is 430 g/mol. The lowest BCUT2D eigenvalue weighted by molar-refractivity contribution is -0.137. The van der Waals surface area contributed by atoms with Crippen molar-refractivity contribution in [2.75, 3.05) is 30.3 Å². The summed E-state index contributed by atoms with van der Waals surface area (Å²) in [5.41, 5.74) is 10.3. The molecule has 2 aromatic rings. The molecule has 32 heavy (non-hydrogen) atoms. The minimum atomic E-state index is -0.258. The highest BCUT2D eigenvalue weighted by Crippen LogP contribution is 2.40. The van der Waals surface area contributed by atoms with Crippen molar-refractivity contribution >= 4 is 46.1 Å². The SMILES string of the molecule is NC1CCN(C(=O)CO/N=C2/C(=C3/C(=O)Nc4ccc(Cl)cc43)Nc3ccccc32)CC1. The third-order valence-corrected chi connectivity index (χ3v) is 6.13. The number of piperidine rings is 1. The molecule has 1 saturated heterocycles.